The molecule has 2 N–H and O–H groups in total. The normalized spacial score (nSPS) is 10.9. The molecule has 0 spiro atoms. The molecule has 1 aromatic carbocycles. The average Bonchev–Trinajstić information content (AvgIpc) is 3.27. The van der Waals surface area contributed by atoms with E-state index in [2.05, 4.69) is 36.9 Å². The number of fused-ring (bicyclic) bond motifs is 1. The van der Waals surface area contributed by atoms with Crippen LogP contribution in [0.3, 0.4) is 0 Å². The van der Waals surface area contributed by atoms with Gasteiger partial charge in [0.2, 0.25) is 0 Å². The molecule has 4 rings (SSSR count). The van der Waals surface area contributed by atoms with Gasteiger partial charge in [-0.3, -0.25) is 20.4 Å². The molecule has 0 radical (unpaired) electrons. The third-order valence-corrected chi connectivity index (χ3v) is 4.86. The topological polar surface area (TPSA) is 102 Å². The molecule has 0 bridgehead atoms. The number of aromatic nitrogens is 3. The minimum Gasteiger partial charge on any atom is -0.345 e. The summed E-state index contributed by atoms with van der Waals surface area (Å²) in [5.74, 6) is -0.940. The molecule has 4 aromatic rings. The number of carbonyl (C=O) groups excluding carboxylic acids is 2. The highest BCUT2D eigenvalue weighted by molar-refractivity contribution is 9.10. The second-order valence-electron chi connectivity index (χ2n) is 6.43. The molecule has 0 saturated carbocycles. The van der Waals surface area contributed by atoms with Crippen molar-refractivity contribution in [1.29, 1.82) is 0 Å². The van der Waals surface area contributed by atoms with Crippen LogP contribution >= 0.6 is 15.9 Å². The molecule has 9 heteroatoms. The van der Waals surface area contributed by atoms with Gasteiger partial charge in [-0.05, 0) is 35.0 Å². The lowest BCUT2D eigenvalue weighted by Crippen LogP contribution is -2.42. The van der Waals surface area contributed by atoms with Crippen LogP contribution in [0.1, 0.15) is 26.5 Å². The molecule has 8 nitrogen and oxygen atoms in total. The average molecular weight is 454 g/mol. The number of nitrogens with zero attached hydrogens (tertiary/aromatic N) is 3. The fourth-order valence-electron chi connectivity index (χ4n) is 3.03. The van der Waals surface area contributed by atoms with Gasteiger partial charge >= 0.3 is 0 Å². The van der Waals surface area contributed by atoms with Crippen LogP contribution in [0.5, 0.6) is 0 Å². The van der Waals surface area contributed by atoms with Crippen molar-refractivity contribution in [3.8, 4) is 11.3 Å². The Hall–Kier alpha value is -3.46. The number of amides is 2. The first kappa shape index (κ1) is 18.9. The van der Waals surface area contributed by atoms with E-state index in [1.165, 1.54) is 0 Å². The van der Waals surface area contributed by atoms with Crippen molar-refractivity contribution in [3.05, 3.63) is 70.1 Å². The SMILES string of the molecule is Cc1noc2nc(-c3ccccc3)cc(C(=O)NNC(=O)c3cc(Br)cn3C)c12. The highest BCUT2D eigenvalue weighted by atomic mass is 79.9. The van der Waals surface area contributed by atoms with Gasteiger partial charge in [-0.2, -0.15) is 0 Å². The Balaban J connectivity index is 1.65. The number of hydrazine groups is 1. The first-order valence-electron chi connectivity index (χ1n) is 8.69. The summed E-state index contributed by atoms with van der Waals surface area (Å²) in [6, 6.07) is 12.7. The summed E-state index contributed by atoms with van der Waals surface area (Å²) in [5.41, 5.74) is 7.78. The molecule has 0 aliphatic rings. The van der Waals surface area contributed by atoms with Gasteiger partial charge in [0.25, 0.3) is 17.5 Å². The van der Waals surface area contributed by atoms with Crippen molar-refractivity contribution in [3.63, 3.8) is 0 Å². The molecule has 146 valence electrons. The van der Waals surface area contributed by atoms with Crippen LogP contribution in [0.15, 0.2) is 57.7 Å². The maximum Gasteiger partial charge on any atom is 0.286 e. The minimum atomic E-state index is -0.498. The van der Waals surface area contributed by atoms with Crippen LogP contribution in [0.2, 0.25) is 0 Å². The van der Waals surface area contributed by atoms with Gasteiger partial charge in [-0.1, -0.05) is 35.5 Å². The molecule has 3 heterocycles. The fourth-order valence-corrected chi connectivity index (χ4v) is 3.55. The van der Waals surface area contributed by atoms with Crippen LogP contribution < -0.4 is 10.9 Å². The van der Waals surface area contributed by atoms with Gasteiger partial charge in [-0.25, -0.2) is 4.98 Å². The Morgan fingerprint density at radius 1 is 1.10 bits per heavy atom. The summed E-state index contributed by atoms with van der Waals surface area (Å²) in [5, 5.41) is 4.42. The maximum absolute atomic E-state index is 12.9. The first-order valence-corrected chi connectivity index (χ1v) is 9.48. The van der Waals surface area contributed by atoms with Crippen LogP contribution in [0.25, 0.3) is 22.4 Å². The molecule has 0 saturated heterocycles. The van der Waals surface area contributed by atoms with Gasteiger partial charge in [0.1, 0.15) is 5.69 Å². The molecule has 3 aromatic heterocycles. The van der Waals surface area contributed by atoms with Gasteiger partial charge in [0.15, 0.2) is 0 Å². The lowest BCUT2D eigenvalue weighted by Gasteiger charge is -2.10. The van der Waals surface area contributed by atoms with E-state index in [4.69, 9.17) is 4.52 Å². The maximum atomic E-state index is 12.9. The van der Waals surface area contributed by atoms with Crippen LogP contribution in [0.4, 0.5) is 0 Å². The van der Waals surface area contributed by atoms with Crippen LogP contribution in [-0.4, -0.2) is 26.5 Å². The third kappa shape index (κ3) is 3.64. The molecular formula is C20H16BrN5O3. The Labute approximate surface area is 174 Å². The highest BCUT2D eigenvalue weighted by Gasteiger charge is 2.20. The number of benzene rings is 1. The predicted molar refractivity (Wildman–Crippen MR) is 110 cm³/mol. The predicted octanol–water partition coefficient (Wildman–Crippen LogP) is 3.37. The van der Waals surface area contributed by atoms with E-state index in [0.29, 0.717) is 28.0 Å². The standard InChI is InChI=1S/C20H16BrN5O3/c1-11-17-14(18(27)23-24-19(28)16-8-13(21)10-26(16)2)9-15(22-20(17)29-25-11)12-6-4-3-5-7-12/h3-10H,1-2H3,(H,23,27)(H,24,28). The molecule has 0 fully saturated rings. The number of nitrogens with one attached hydrogen (secondary N) is 2. The smallest absolute Gasteiger partial charge is 0.286 e. The number of carbonyl (C=O) groups is 2. The lowest BCUT2D eigenvalue weighted by atomic mass is 10.1. The van der Waals surface area contributed by atoms with Crippen molar-refractivity contribution in [1.82, 2.24) is 25.6 Å². The summed E-state index contributed by atoms with van der Waals surface area (Å²) in [6.07, 6.45) is 1.75. The zero-order valence-corrected chi connectivity index (χ0v) is 17.1. The lowest BCUT2D eigenvalue weighted by molar-refractivity contribution is 0.0843. The van der Waals surface area contributed by atoms with Crippen molar-refractivity contribution in [2.75, 3.05) is 0 Å². The highest BCUT2D eigenvalue weighted by Crippen LogP contribution is 2.26. The summed E-state index contributed by atoms with van der Waals surface area (Å²) < 4.78 is 7.69. The minimum absolute atomic E-state index is 0.256. The van der Waals surface area contributed by atoms with Crippen molar-refractivity contribution in [2.24, 2.45) is 7.05 Å². The summed E-state index contributed by atoms with van der Waals surface area (Å²) >= 11 is 3.32. The number of rotatable bonds is 3. The fraction of sp³-hybridized carbons (Fsp3) is 0.100. The van der Waals surface area contributed by atoms with E-state index >= 15 is 0 Å². The zero-order valence-electron chi connectivity index (χ0n) is 15.6. The second-order valence-corrected chi connectivity index (χ2v) is 7.35. The molecule has 0 aliphatic heterocycles. The number of pyridine rings is 1. The van der Waals surface area contributed by atoms with Crippen LogP contribution in [-0.2, 0) is 7.05 Å². The molecule has 0 aliphatic carbocycles. The summed E-state index contributed by atoms with van der Waals surface area (Å²) in [6.45, 7) is 1.73. The third-order valence-electron chi connectivity index (χ3n) is 4.43. The van der Waals surface area contributed by atoms with E-state index in [0.717, 1.165) is 10.0 Å². The van der Waals surface area contributed by atoms with E-state index in [9.17, 15) is 9.59 Å². The Morgan fingerprint density at radius 2 is 1.83 bits per heavy atom. The molecule has 0 atom stereocenters. The molecular weight excluding hydrogens is 438 g/mol. The van der Waals surface area contributed by atoms with Gasteiger partial charge in [0, 0.05) is 23.3 Å². The summed E-state index contributed by atoms with van der Waals surface area (Å²) in [4.78, 5) is 29.7. The van der Waals surface area contributed by atoms with E-state index in [-0.39, 0.29) is 5.71 Å². The quantitative estimate of drug-likeness (QED) is 0.463. The zero-order chi connectivity index (χ0) is 20.5. The molecule has 29 heavy (non-hydrogen) atoms. The van der Waals surface area contributed by atoms with E-state index in [1.807, 2.05) is 30.3 Å². The van der Waals surface area contributed by atoms with Gasteiger partial charge in [-0.15, -0.1) is 0 Å². The Kier molecular flexibility index (Phi) is 4.89. The van der Waals surface area contributed by atoms with Gasteiger partial charge < -0.3 is 9.09 Å². The van der Waals surface area contributed by atoms with Crippen molar-refractivity contribution < 1.29 is 14.1 Å². The second kappa shape index (κ2) is 7.51. The van der Waals surface area contributed by atoms with Crippen molar-refractivity contribution >= 4 is 38.8 Å². The largest absolute Gasteiger partial charge is 0.345 e. The molecule has 0 unspecified atom stereocenters. The Bertz CT molecular complexity index is 1230. The number of hydrogen-bond acceptors (Lipinski definition) is 5. The Morgan fingerprint density at radius 3 is 2.52 bits per heavy atom. The summed E-state index contributed by atoms with van der Waals surface area (Å²) in [7, 11) is 1.74. The van der Waals surface area contributed by atoms with Gasteiger partial charge in [0.05, 0.1) is 22.3 Å². The van der Waals surface area contributed by atoms with E-state index < -0.39 is 11.8 Å². The number of hydrogen-bond donors (Lipinski definition) is 2. The number of aryl methyl sites for hydroxylation is 2. The monoisotopic (exact) mass is 453 g/mol. The first-order chi connectivity index (χ1) is 13.9. The number of halogens is 1. The van der Waals surface area contributed by atoms with Crippen molar-refractivity contribution in [2.45, 2.75) is 6.92 Å². The van der Waals surface area contributed by atoms with E-state index in [1.54, 1.807) is 36.9 Å². The molecule has 2 amide bonds. The van der Waals surface area contributed by atoms with Crippen LogP contribution in [0, 0.1) is 6.92 Å².